The van der Waals surface area contributed by atoms with Crippen molar-refractivity contribution < 1.29 is 4.79 Å². The molecule has 148 valence electrons. The van der Waals surface area contributed by atoms with Gasteiger partial charge in [-0.25, -0.2) is 9.97 Å². The van der Waals surface area contributed by atoms with E-state index in [0.29, 0.717) is 17.7 Å². The van der Waals surface area contributed by atoms with Crippen molar-refractivity contribution in [3.63, 3.8) is 0 Å². The number of nitrogens with zero attached hydrogens (tertiary/aromatic N) is 4. The first-order chi connectivity index (χ1) is 13.7. The van der Waals surface area contributed by atoms with Gasteiger partial charge in [0.25, 0.3) is 5.91 Å². The van der Waals surface area contributed by atoms with Crippen molar-refractivity contribution in [3.8, 4) is 0 Å². The van der Waals surface area contributed by atoms with E-state index in [-0.39, 0.29) is 5.91 Å². The van der Waals surface area contributed by atoms with Crippen molar-refractivity contribution in [2.24, 2.45) is 0 Å². The Morgan fingerprint density at radius 2 is 1.79 bits per heavy atom. The number of amides is 1. The third kappa shape index (κ3) is 4.68. The van der Waals surface area contributed by atoms with Crippen molar-refractivity contribution in [2.75, 3.05) is 31.1 Å². The lowest BCUT2D eigenvalue weighted by molar-refractivity contribution is 0.0932. The number of carbonyl (C=O) groups excluding carboxylic acids is 1. The number of hydrogen-bond acceptors (Lipinski definition) is 5. The third-order valence-electron chi connectivity index (χ3n) is 5.67. The van der Waals surface area contributed by atoms with Crippen LogP contribution >= 0.6 is 0 Å². The van der Waals surface area contributed by atoms with Crippen LogP contribution in [-0.2, 0) is 6.54 Å². The van der Waals surface area contributed by atoms with E-state index in [1.807, 2.05) is 6.92 Å². The molecular weight excluding hydrogens is 350 g/mol. The second-order valence-electron chi connectivity index (χ2n) is 7.90. The largest absolute Gasteiger partial charge is 0.348 e. The summed E-state index contributed by atoms with van der Waals surface area (Å²) < 4.78 is 0. The topological polar surface area (TPSA) is 61.4 Å². The molecular formula is C22H29N5O. The number of nitrogens with one attached hydrogen (secondary N) is 1. The van der Waals surface area contributed by atoms with Gasteiger partial charge in [0.2, 0.25) is 5.95 Å². The summed E-state index contributed by atoms with van der Waals surface area (Å²) >= 11 is 0. The highest BCUT2D eigenvalue weighted by Crippen LogP contribution is 2.19. The molecule has 0 atom stereocenters. The predicted molar refractivity (Wildman–Crippen MR) is 110 cm³/mol. The van der Waals surface area contributed by atoms with Crippen LogP contribution in [0.2, 0.25) is 0 Å². The number of rotatable bonds is 5. The molecule has 2 heterocycles. The summed E-state index contributed by atoms with van der Waals surface area (Å²) in [7, 11) is 0. The molecule has 2 aliphatic rings. The number of piperazine rings is 1. The van der Waals surface area contributed by atoms with E-state index < -0.39 is 0 Å². The molecule has 2 aromatic rings. The predicted octanol–water partition coefficient (Wildman–Crippen LogP) is 2.78. The van der Waals surface area contributed by atoms with Gasteiger partial charge in [-0.1, -0.05) is 43.2 Å². The van der Waals surface area contributed by atoms with Crippen LogP contribution in [0.4, 0.5) is 5.95 Å². The maximum absolute atomic E-state index is 12.6. The maximum atomic E-state index is 12.6. The van der Waals surface area contributed by atoms with Crippen molar-refractivity contribution in [2.45, 2.75) is 45.2 Å². The lowest BCUT2D eigenvalue weighted by Gasteiger charge is -2.35. The average Bonchev–Trinajstić information content (AvgIpc) is 3.22. The Balaban J connectivity index is 1.38. The Labute approximate surface area is 167 Å². The van der Waals surface area contributed by atoms with Crippen LogP contribution in [0.3, 0.4) is 0 Å². The molecule has 6 nitrogen and oxygen atoms in total. The first kappa shape index (κ1) is 18.9. The minimum Gasteiger partial charge on any atom is -0.348 e. The zero-order chi connectivity index (χ0) is 19.3. The lowest BCUT2D eigenvalue weighted by Crippen LogP contribution is -2.46. The highest BCUT2D eigenvalue weighted by molar-refractivity contribution is 5.92. The second-order valence-corrected chi connectivity index (χ2v) is 7.90. The molecule has 1 aromatic carbocycles. The summed E-state index contributed by atoms with van der Waals surface area (Å²) in [5, 5.41) is 3.13. The first-order valence-electron chi connectivity index (χ1n) is 10.4. The second kappa shape index (κ2) is 8.69. The van der Waals surface area contributed by atoms with Gasteiger partial charge in [-0.05, 0) is 31.4 Å². The molecule has 0 spiro atoms. The lowest BCUT2D eigenvalue weighted by atomic mass is 10.2. The number of carbonyl (C=O) groups is 1. The molecule has 4 rings (SSSR count). The van der Waals surface area contributed by atoms with Crippen LogP contribution in [0.1, 0.15) is 47.4 Å². The van der Waals surface area contributed by atoms with Gasteiger partial charge < -0.3 is 10.2 Å². The maximum Gasteiger partial charge on any atom is 0.270 e. The zero-order valence-electron chi connectivity index (χ0n) is 16.6. The SMILES string of the molecule is Cc1cc(C(=O)NC2CCCC2)nc(N2CCN(Cc3ccccc3)CC2)n1. The number of aromatic nitrogens is 2. The fourth-order valence-electron chi connectivity index (χ4n) is 4.09. The van der Waals surface area contributed by atoms with Gasteiger partial charge in [-0.2, -0.15) is 0 Å². The van der Waals surface area contributed by atoms with Crippen LogP contribution in [-0.4, -0.2) is 53.0 Å². The van der Waals surface area contributed by atoms with Gasteiger partial charge in [0.05, 0.1) is 0 Å². The molecule has 1 aromatic heterocycles. The molecule has 1 N–H and O–H groups in total. The summed E-state index contributed by atoms with van der Waals surface area (Å²) in [6.45, 7) is 6.59. The molecule has 0 unspecified atom stereocenters. The van der Waals surface area contributed by atoms with Crippen LogP contribution in [0, 0.1) is 6.92 Å². The Hall–Kier alpha value is -2.47. The standard InChI is InChI=1S/C22H29N5O/c1-17-15-20(21(28)24-19-9-5-6-10-19)25-22(23-17)27-13-11-26(12-14-27)16-18-7-3-2-4-8-18/h2-4,7-8,15,19H,5-6,9-14,16H2,1H3,(H,24,28). The van der Waals surface area contributed by atoms with E-state index >= 15 is 0 Å². The van der Waals surface area contributed by atoms with Crippen molar-refractivity contribution in [3.05, 3.63) is 53.3 Å². The molecule has 1 saturated carbocycles. The van der Waals surface area contributed by atoms with Crippen molar-refractivity contribution in [1.29, 1.82) is 0 Å². The van der Waals surface area contributed by atoms with Gasteiger partial charge in [0.15, 0.2) is 0 Å². The van der Waals surface area contributed by atoms with E-state index in [9.17, 15) is 4.79 Å². The van der Waals surface area contributed by atoms with Crippen LogP contribution in [0.15, 0.2) is 36.4 Å². The Morgan fingerprint density at radius 3 is 2.50 bits per heavy atom. The minimum atomic E-state index is -0.0682. The van der Waals surface area contributed by atoms with E-state index in [1.165, 1.54) is 18.4 Å². The molecule has 1 aliphatic carbocycles. The Kier molecular flexibility index (Phi) is 5.86. The van der Waals surface area contributed by atoms with E-state index in [1.54, 1.807) is 6.07 Å². The normalized spacial score (nSPS) is 18.4. The summed E-state index contributed by atoms with van der Waals surface area (Å²) in [5.74, 6) is 0.609. The fraction of sp³-hybridized carbons (Fsp3) is 0.500. The van der Waals surface area contributed by atoms with Gasteiger partial charge in [0, 0.05) is 44.5 Å². The number of hydrogen-bond donors (Lipinski definition) is 1. The monoisotopic (exact) mass is 379 g/mol. The van der Waals surface area contributed by atoms with Crippen LogP contribution in [0.5, 0.6) is 0 Å². The van der Waals surface area contributed by atoms with Gasteiger partial charge in [0.1, 0.15) is 5.69 Å². The number of anilines is 1. The number of aryl methyl sites for hydroxylation is 1. The Bertz CT molecular complexity index is 796. The van der Waals surface area contributed by atoms with Gasteiger partial charge in [-0.15, -0.1) is 0 Å². The Morgan fingerprint density at radius 1 is 1.07 bits per heavy atom. The third-order valence-corrected chi connectivity index (χ3v) is 5.67. The molecule has 2 fully saturated rings. The molecule has 1 saturated heterocycles. The summed E-state index contributed by atoms with van der Waals surface area (Å²) in [6, 6.07) is 12.7. The summed E-state index contributed by atoms with van der Waals surface area (Å²) in [6.07, 6.45) is 4.55. The summed E-state index contributed by atoms with van der Waals surface area (Å²) in [5.41, 5.74) is 2.67. The van der Waals surface area contributed by atoms with Gasteiger partial charge in [-0.3, -0.25) is 9.69 Å². The molecule has 28 heavy (non-hydrogen) atoms. The quantitative estimate of drug-likeness (QED) is 0.866. The summed E-state index contributed by atoms with van der Waals surface area (Å²) in [4.78, 5) is 26.5. The zero-order valence-corrected chi connectivity index (χ0v) is 16.6. The minimum absolute atomic E-state index is 0.0682. The number of benzene rings is 1. The van der Waals surface area contributed by atoms with E-state index in [2.05, 4.69) is 55.4 Å². The van der Waals surface area contributed by atoms with Crippen LogP contribution in [0.25, 0.3) is 0 Å². The molecule has 0 radical (unpaired) electrons. The highest BCUT2D eigenvalue weighted by atomic mass is 16.1. The average molecular weight is 380 g/mol. The molecule has 1 amide bonds. The fourth-order valence-corrected chi connectivity index (χ4v) is 4.09. The van der Waals surface area contributed by atoms with E-state index in [0.717, 1.165) is 51.3 Å². The smallest absolute Gasteiger partial charge is 0.270 e. The highest BCUT2D eigenvalue weighted by Gasteiger charge is 2.22. The van der Waals surface area contributed by atoms with Crippen LogP contribution < -0.4 is 10.2 Å². The first-order valence-corrected chi connectivity index (χ1v) is 10.4. The molecule has 1 aliphatic heterocycles. The molecule has 6 heteroatoms. The molecule has 0 bridgehead atoms. The van der Waals surface area contributed by atoms with Gasteiger partial charge >= 0.3 is 0 Å². The van der Waals surface area contributed by atoms with Crippen molar-refractivity contribution >= 4 is 11.9 Å². The van der Waals surface area contributed by atoms with E-state index in [4.69, 9.17) is 0 Å². The van der Waals surface area contributed by atoms with Crippen molar-refractivity contribution in [1.82, 2.24) is 20.2 Å².